The summed E-state index contributed by atoms with van der Waals surface area (Å²) in [7, 11) is -2.46. The van der Waals surface area contributed by atoms with E-state index in [4.69, 9.17) is 11.6 Å². The molecule has 2 amide bonds. The summed E-state index contributed by atoms with van der Waals surface area (Å²) in [4.78, 5) is 23.4. The molecule has 0 spiro atoms. The minimum absolute atomic E-state index is 0.0981. The number of likely N-dealkylation sites (N-methyl/N-ethyl adjacent to an activating group) is 1. The predicted octanol–water partition coefficient (Wildman–Crippen LogP) is 2.56. The molecule has 2 rings (SSSR count). The molecule has 2 aromatic rings. The van der Waals surface area contributed by atoms with Crippen LogP contribution in [0.1, 0.15) is 6.92 Å². The number of hydrogen-bond donors (Lipinski definition) is 2. The van der Waals surface area contributed by atoms with E-state index in [0.717, 1.165) is 4.31 Å². The van der Waals surface area contributed by atoms with Crippen LogP contribution in [0.25, 0.3) is 0 Å². The SMILES string of the molecule is CC(=O)Nc1ccc(Cl)c(NC(=O)CN(C)S(=O)(=O)c2ccccc2)c1. The van der Waals surface area contributed by atoms with E-state index in [1.54, 1.807) is 24.3 Å². The first-order valence-electron chi connectivity index (χ1n) is 7.58. The molecular formula is C17H18ClN3O4S. The van der Waals surface area contributed by atoms with Gasteiger partial charge in [0.2, 0.25) is 21.8 Å². The molecule has 26 heavy (non-hydrogen) atoms. The minimum Gasteiger partial charge on any atom is -0.326 e. The molecule has 0 aliphatic carbocycles. The number of amides is 2. The Balaban J connectivity index is 2.10. The van der Waals surface area contributed by atoms with Crippen LogP contribution in [-0.2, 0) is 19.6 Å². The second kappa shape index (κ2) is 8.31. The third-order valence-electron chi connectivity index (χ3n) is 3.38. The number of benzene rings is 2. The molecular weight excluding hydrogens is 378 g/mol. The largest absolute Gasteiger partial charge is 0.326 e. The Hall–Kier alpha value is -2.42. The van der Waals surface area contributed by atoms with Crippen LogP contribution < -0.4 is 10.6 Å². The normalized spacial score (nSPS) is 11.2. The molecule has 0 bridgehead atoms. The van der Waals surface area contributed by atoms with Crippen LogP contribution in [-0.4, -0.2) is 38.1 Å². The average molecular weight is 396 g/mol. The van der Waals surface area contributed by atoms with E-state index in [1.807, 2.05) is 0 Å². The topological polar surface area (TPSA) is 95.6 Å². The van der Waals surface area contributed by atoms with Gasteiger partial charge in [-0.3, -0.25) is 9.59 Å². The van der Waals surface area contributed by atoms with Gasteiger partial charge in [-0.05, 0) is 30.3 Å². The molecule has 2 aromatic carbocycles. The van der Waals surface area contributed by atoms with E-state index in [2.05, 4.69) is 10.6 Å². The van der Waals surface area contributed by atoms with Crippen LogP contribution in [0.3, 0.4) is 0 Å². The summed E-state index contributed by atoms with van der Waals surface area (Å²) >= 11 is 6.04. The molecule has 0 aliphatic rings. The maximum Gasteiger partial charge on any atom is 0.243 e. The third kappa shape index (κ3) is 5.04. The number of carbonyl (C=O) groups is 2. The van der Waals surface area contributed by atoms with Crippen LogP contribution in [0.2, 0.25) is 5.02 Å². The van der Waals surface area contributed by atoms with Gasteiger partial charge in [0.1, 0.15) is 0 Å². The fourth-order valence-electron chi connectivity index (χ4n) is 2.15. The molecule has 0 fully saturated rings. The smallest absolute Gasteiger partial charge is 0.243 e. The summed E-state index contributed by atoms with van der Waals surface area (Å²) in [6.07, 6.45) is 0. The molecule has 0 atom stereocenters. The Kier molecular flexibility index (Phi) is 6.36. The van der Waals surface area contributed by atoms with Gasteiger partial charge in [0.25, 0.3) is 0 Å². The van der Waals surface area contributed by atoms with Gasteiger partial charge in [-0.1, -0.05) is 29.8 Å². The zero-order valence-corrected chi connectivity index (χ0v) is 15.8. The van der Waals surface area contributed by atoms with Gasteiger partial charge in [-0.2, -0.15) is 4.31 Å². The van der Waals surface area contributed by atoms with Crippen molar-refractivity contribution in [2.24, 2.45) is 0 Å². The monoisotopic (exact) mass is 395 g/mol. The van der Waals surface area contributed by atoms with Crippen molar-refractivity contribution in [1.82, 2.24) is 4.31 Å². The lowest BCUT2D eigenvalue weighted by atomic mass is 10.2. The molecule has 7 nitrogen and oxygen atoms in total. The quantitative estimate of drug-likeness (QED) is 0.785. The highest BCUT2D eigenvalue weighted by Crippen LogP contribution is 2.25. The van der Waals surface area contributed by atoms with Crippen molar-refractivity contribution in [1.29, 1.82) is 0 Å². The first kappa shape index (κ1) is 19.9. The zero-order valence-electron chi connectivity index (χ0n) is 14.2. The van der Waals surface area contributed by atoms with E-state index in [9.17, 15) is 18.0 Å². The number of rotatable bonds is 6. The Morgan fingerprint density at radius 1 is 1.08 bits per heavy atom. The van der Waals surface area contributed by atoms with Crippen LogP contribution >= 0.6 is 11.6 Å². The summed E-state index contributed by atoms with van der Waals surface area (Å²) in [6.45, 7) is 0.966. The number of nitrogens with one attached hydrogen (secondary N) is 2. The number of anilines is 2. The van der Waals surface area contributed by atoms with Gasteiger partial charge in [0.05, 0.1) is 22.2 Å². The highest BCUT2D eigenvalue weighted by molar-refractivity contribution is 7.89. The van der Waals surface area contributed by atoms with Gasteiger partial charge in [0, 0.05) is 19.7 Å². The molecule has 0 aromatic heterocycles. The van der Waals surface area contributed by atoms with Crippen molar-refractivity contribution >= 4 is 44.8 Å². The van der Waals surface area contributed by atoms with E-state index in [0.29, 0.717) is 5.69 Å². The van der Waals surface area contributed by atoms with E-state index < -0.39 is 22.5 Å². The average Bonchev–Trinajstić information content (AvgIpc) is 2.58. The summed E-state index contributed by atoms with van der Waals surface area (Å²) in [6, 6.07) is 12.4. The van der Waals surface area contributed by atoms with Gasteiger partial charge >= 0.3 is 0 Å². The first-order chi connectivity index (χ1) is 12.2. The number of halogens is 1. The maximum absolute atomic E-state index is 12.4. The van der Waals surface area contributed by atoms with Crippen molar-refractivity contribution < 1.29 is 18.0 Å². The Bertz CT molecular complexity index is 917. The highest BCUT2D eigenvalue weighted by atomic mass is 35.5. The summed E-state index contributed by atoms with van der Waals surface area (Å²) in [5, 5.41) is 5.39. The molecule has 138 valence electrons. The number of nitrogens with zero attached hydrogens (tertiary/aromatic N) is 1. The van der Waals surface area contributed by atoms with Crippen LogP contribution in [0.15, 0.2) is 53.4 Å². The molecule has 9 heteroatoms. The summed E-state index contributed by atoms with van der Waals surface area (Å²) < 4.78 is 25.8. The second-order valence-electron chi connectivity index (χ2n) is 5.50. The van der Waals surface area contributed by atoms with Crippen LogP contribution in [0.4, 0.5) is 11.4 Å². The first-order valence-corrected chi connectivity index (χ1v) is 9.40. The fraction of sp³-hybridized carbons (Fsp3) is 0.176. The zero-order chi connectivity index (χ0) is 19.3. The third-order valence-corrected chi connectivity index (χ3v) is 5.53. The Morgan fingerprint density at radius 3 is 2.35 bits per heavy atom. The highest BCUT2D eigenvalue weighted by Gasteiger charge is 2.23. The van der Waals surface area contributed by atoms with Gasteiger partial charge in [-0.25, -0.2) is 8.42 Å². The van der Waals surface area contributed by atoms with Crippen LogP contribution in [0, 0.1) is 0 Å². The van der Waals surface area contributed by atoms with Gasteiger partial charge in [0.15, 0.2) is 0 Å². The lowest BCUT2D eigenvalue weighted by Crippen LogP contribution is -2.35. The number of hydrogen-bond acceptors (Lipinski definition) is 4. The second-order valence-corrected chi connectivity index (χ2v) is 7.95. The van der Waals surface area contributed by atoms with Gasteiger partial charge in [-0.15, -0.1) is 0 Å². The molecule has 0 radical (unpaired) electrons. The molecule has 2 N–H and O–H groups in total. The number of sulfonamides is 1. The van der Waals surface area contributed by atoms with Crippen molar-refractivity contribution in [2.45, 2.75) is 11.8 Å². The fourth-order valence-corrected chi connectivity index (χ4v) is 3.46. The van der Waals surface area contributed by atoms with Crippen molar-refractivity contribution in [3.05, 3.63) is 53.6 Å². The van der Waals surface area contributed by atoms with Crippen molar-refractivity contribution in [3.63, 3.8) is 0 Å². The van der Waals surface area contributed by atoms with E-state index in [1.165, 1.54) is 38.2 Å². The van der Waals surface area contributed by atoms with Gasteiger partial charge < -0.3 is 10.6 Å². The maximum atomic E-state index is 12.4. The number of carbonyl (C=O) groups excluding carboxylic acids is 2. The van der Waals surface area contributed by atoms with E-state index >= 15 is 0 Å². The predicted molar refractivity (Wildman–Crippen MR) is 101 cm³/mol. The van der Waals surface area contributed by atoms with E-state index in [-0.39, 0.29) is 21.5 Å². The molecule has 0 unspecified atom stereocenters. The summed E-state index contributed by atoms with van der Waals surface area (Å²) in [5.41, 5.74) is 0.732. The minimum atomic E-state index is -3.78. The van der Waals surface area contributed by atoms with Crippen LogP contribution in [0.5, 0.6) is 0 Å². The lowest BCUT2D eigenvalue weighted by molar-refractivity contribution is -0.116. The Labute approximate surface area is 157 Å². The molecule has 0 aliphatic heterocycles. The molecule has 0 saturated heterocycles. The van der Waals surface area contributed by atoms with Crippen molar-refractivity contribution in [3.8, 4) is 0 Å². The molecule has 0 heterocycles. The summed E-state index contributed by atoms with van der Waals surface area (Å²) in [5.74, 6) is -0.827. The van der Waals surface area contributed by atoms with Crippen molar-refractivity contribution in [2.75, 3.05) is 24.2 Å². The Morgan fingerprint density at radius 2 is 1.73 bits per heavy atom. The molecule has 0 saturated carbocycles. The lowest BCUT2D eigenvalue weighted by Gasteiger charge is -2.17. The standard InChI is InChI=1S/C17H18ClN3O4S/c1-12(22)19-13-8-9-15(18)16(10-13)20-17(23)11-21(2)26(24,25)14-6-4-3-5-7-14/h3-10H,11H2,1-2H3,(H,19,22)(H,20,23).